The zero-order chi connectivity index (χ0) is 8.10. The van der Waals surface area contributed by atoms with E-state index in [-0.39, 0.29) is 6.61 Å². The molecule has 0 atom stereocenters. The van der Waals surface area contributed by atoms with Gasteiger partial charge in [-0.3, -0.25) is 0 Å². The molecule has 1 saturated carbocycles. The van der Waals surface area contributed by atoms with Gasteiger partial charge in [0.25, 0.3) is 0 Å². The predicted octanol–water partition coefficient (Wildman–Crippen LogP) is 1.57. The third kappa shape index (κ3) is 3.21. The van der Waals surface area contributed by atoms with Gasteiger partial charge in [0.2, 0.25) is 0 Å². The highest BCUT2D eigenvalue weighted by atomic mass is 16.5. The summed E-state index contributed by atoms with van der Waals surface area (Å²) in [6, 6.07) is 0. The fourth-order valence-corrected chi connectivity index (χ4v) is 1.62. The Bertz CT molecular complexity index is 93.0. The molecule has 2 heteroatoms. The molecule has 0 unspecified atom stereocenters. The lowest BCUT2D eigenvalue weighted by Gasteiger charge is -2.25. The molecular weight excluding hydrogens is 140 g/mol. The van der Waals surface area contributed by atoms with Gasteiger partial charge in [0.1, 0.15) is 0 Å². The summed E-state index contributed by atoms with van der Waals surface area (Å²) >= 11 is 0. The van der Waals surface area contributed by atoms with Crippen LogP contribution in [0.1, 0.15) is 32.6 Å². The molecule has 1 N–H and O–H groups in total. The highest BCUT2D eigenvalue weighted by molar-refractivity contribution is 4.69. The maximum atomic E-state index is 8.52. The van der Waals surface area contributed by atoms with Crippen LogP contribution in [0, 0.1) is 5.92 Å². The standard InChI is InChI=1S/C9H18O2/c1-8-2-4-9(5-3-8)11-7-6-10/h8-10H,2-7H2,1H3. The monoisotopic (exact) mass is 158 g/mol. The van der Waals surface area contributed by atoms with E-state index in [1.54, 1.807) is 0 Å². The number of hydrogen-bond acceptors (Lipinski definition) is 2. The summed E-state index contributed by atoms with van der Waals surface area (Å²) in [6.07, 6.45) is 5.37. The molecule has 0 radical (unpaired) electrons. The topological polar surface area (TPSA) is 29.5 Å². The first kappa shape index (κ1) is 9.01. The highest BCUT2D eigenvalue weighted by Gasteiger charge is 2.17. The molecule has 0 aromatic rings. The molecule has 0 aliphatic heterocycles. The van der Waals surface area contributed by atoms with Gasteiger partial charge in [-0.15, -0.1) is 0 Å². The van der Waals surface area contributed by atoms with Crippen molar-refractivity contribution in [3.63, 3.8) is 0 Å². The maximum absolute atomic E-state index is 8.52. The summed E-state index contributed by atoms with van der Waals surface area (Å²) in [5, 5.41) is 8.52. The van der Waals surface area contributed by atoms with Gasteiger partial charge in [0.15, 0.2) is 0 Å². The largest absolute Gasteiger partial charge is 0.394 e. The van der Waals surface area contributed by atoms with Crippen LogP contribution >= 0.6 is 0 Å². The SMILES string of the molecule is CC1CCC(OCCO)CC1. The van der Waals surface area contributed by atoms with E-state index in [1.165, 1.54) is 25.7 Å². The zero-order valence-corrected chi connectivity index (χ0v) is 7.25. The second kappa shape index (κ2) is 4.73. The van der Waals surface area contributed by atoms with Gasteiger partial charge >= 0.3 is 0 Å². The Hall–Kier alpha value is -0.0800. The van der Waals surface area contributed by atoms with Crippen molar-refractivity contribution >= 4 is 0 Å². The van der Waals surface area contributed by atoms with E-state index in [1.807, 2.05) is 0 Å². The Labute approximate surface area is 68.6 Å². The number of ether oxygens (including phenoxy) is 1. The molecule has 1 aliphatic carbocycles. The van der Waals surface area contributed by atoms with E-state index in [9.17, 15) is 0 Å². The van der Waals surface area contributed by atoms with Crippen LogP contribution in [0.3, 0.4) is 0 Å². The summed E-state index contributed by atoms with van der Waals surface area (Å²) in [5.41, 5.74) is 0. The Morgan fingerprint density at radius 3 is 2.45 bits per heavy atom. The average Bonchev–Trinajstić information content (AvgIpc) is 2.04. The number of hydrogen-bond donors (Lipinski definition) is 1. The first-order valence-corrected chi connectivity index (χ1v) is 4.55. The van der Waals surface area contributed by atoms with Gasteiger partial charge in [-0.25, -0.2) is 0 Å². The van der Waals surface area contributed by atoms with Gasteiger partial charge in [-0.1, -0.05) is 6.92 Å². The van der Waals surface area contributed by atoms with Gasteiger partial charge in [-0.2, -0.15) is 0 Å². The Kier molecular flexibility index (Phi) is 3.87. The van der Waals surface area contributed by atoms with Crippen molar-refractivity contribution in [3.05, 3.63) is 0 Å². The maximum Gasteiger partial charge on any atom is 0.0701 e. The number of aliphatic hydroxyl groups excluding tert-OH is 1. The van der Waals surface area contributed by atoms with Crippen molar-refractivity contribution in [2.75, 3.05) is 13.2 Å². The number of aliphatic hydroxyl groups is 1. The lowest BCUT2D eigenvalue weighted by molar-refractivity contribution is 0.00191. The van der Waals surface area contributed by atoms with Crippen LogP contribution in [0.15, 0.2) is 0 Å². The molecule has 0 aromatic carbocycles. The van der Waals surface area contributed by atoms with E-state index in [0.29, 0.717) is 12.7 Å². The Morgan fingerprint density at radius 2 is 1.91 bits per heavy atom. The van der Waals surface area contributed by atoms with Crippen LogP contribution < -0.4 is 0 Å². The minimum atomic E-state index is 0.159. The lowest BCUT2D eigenvalue weighted by atomic mass is 9.89. The number of rotatable bonds is 3. The van der Waals surface area contributed by atoms with Gasteiger partial charge in [0.05, 0.1) is 19.3 Å². The van der Waals surface area contributed by atoms with Crippen molar-refractivity contribution < 1.29 is 9.84 Å². The highest BCUT2D eigenvalue weighted by Crippen LogP contribution is 2.25. The predicted molar refractivity (Wildman–Crippen MR) is 44.5 cm³/mol. The smallest absolute Gasteiger partial charge is 0.0701 e. The molecule has 1 aliphatic rings. The molecule has 1 fully saturated rings. The summed E-state index contributed by atoms with van der Waals surface area (Å²) in [4.78, 5) is 0. The molecule has 11 heavy (non-hydrogen) atoms. The van der Waals surface area contributed by atoms with Crippen LogP contribution in [0.5, 0.6) is 0 Å². The van der Waals surface area contributed by atoms with Crippen molar-refractivity contribution in [2.24, 2.45) is 5.92 Å². The van der Waals surface area contributed by atoms with Gasteiger partial charge < -0.3 is 9.84 Å². The fraction of sp³-hybridized carbons (Fsp3) is 1.00. The molecule has 2 nitrogen and oxygen atoms in total. The van der Waals surface area contributed by atoms with Crippen LogP contribution in [-0.2, 0) is 4.74 Å². The molecule has 0 saturated heterocycles. The third-order valence-corrected chi connectivity index (χ3v) is 2.41. The summed E-state index contributed by atoms with van der Waals surface area (Å²) in [6.45, 7) is 2.97. The summed E-state index contributed by atoms with van der Waals surface area (Å²) < 4.78 is 5.43. The second-order valence-electron chi connectivity index (χ2n) is 3.48. The third-order valence-electron chi connectivity index (χ3n) is 2.41. The van der Waals surface area contributed by atoms with Gasteiger partial charge in [-0.05, 0) is 31.6 Å². The van der Waals surface area contributed by atoms with Crippen molar-refractivity contribution in [1.29, 1.82) is 0 Å². The lowest BCUT2D eigenvalue weighted by Crippen LogP contribution is -2.21. The second-order valence-corrected chi connectivity index (χ2v) is 3.48. The minimum absolute atomic E-state index is 0.159. The molecule has 0 heterocycles. The minimum Gasteiger partial charge on any atom is -0.394 e. The van der Waals surface area contributed by atoms with E-state index >= 15 is 0 Å². The molecule has 0 spiro atoms. The van der Waals surface area contributed by atoms with Crippen molar-refractivity contribution in [1.82, 2.24) is 0 Å². The molecule has 0 amide bonds. The quantitative estimate of drug-likeness (QED) is 0.675. The van der Waals surface area contributed by atoms with Crippen LogP contribution in [0.4, 0.5) is 0 Å². The van der Waals surface area contributed by atoms with Crippen LogP contribution in [0.2, 0.25) is 0 Å². The first-order valence-electron chi connectivity index (χ1n) is 4.55. The molecule has 1 rings (SSSR count). The van der Waals surface area contributed by atoms with Gasteiger partial charge in [0, 0.05) is 0 Å². The van der Waals surface area contributed by atoms with E-state index in [4.69, 9.17) is 9.84 Å². The van der Waals surface area contributed by atoms with Crippen molar-refractivity contribution in [3.8, 4) is 0 Å². The van der Waals surface area contributed by atoms with E-state index in [2.05, 4.69) is 6.92 Å². The van der Waals surface area contributed by atoms with Crippen LogP contribution in [-0.4, -0.2) is 24.4 Å². The van der Waals surface area contributed by atoms with Crippen molar-refractivity contribution in [2.45, 2.75) is 38.7 Å². The summed E-state index contributed by atoms with van der Waals surface area (Å²) in [7, 11) is 0. The molecular formula is C9H18O2. The molecule has 0 aromatic heterocycles. The normalized spacial score (nSPS) is 32.2. The van der Waals surface area contributed by atoms with Crippen LogP contribution in [0.25, 0.3) is 0 Å². The fourth-order valence-electron chi connectivity index (χ4n) is 1.62. The van der Waals surface area contributed by atoms with E-state index in [0.717, 1.165) is 5.92 Å². The Morgan fingerprint density at radius 1 is 1.27 bits per heavy atom. The Balaban J connectivity index is 2.07. The molecule has 0 bridgehead atoms. The average molecular weight is 158 g/mol. The summed E-state index contributed by atoms with van der Waals surface area (Å²) in [5.74, 6) is 0.879. The molecule has 66 valence electrons. The van der Waals surface area contributed by atoms with E-state index < -0.39 is 0 Å². The zero-order valence-electron chi connectivity index (χ0n) is 7.25. The first-order chi connectivity index (χ1) is 5.33.